The number of amides is 2. The van der Waals surface area contributed by atoms with Crippen LogP contribution in [-0.2, 0) is 19.0 Å². The van der Waals surface area contributed by atoms with Crippen LogP contribution in [0.5, 0.6) is 0 Å². The molecule has 2 saturated heterocycles. The lowest BCUT2D eigenvalue weighted by molar-refractivity contribution is -0.148. The number of rotatable bonds is 6. The number of hydrogen-bond acceptors (Lipinski definition) is 8. The zero-order valence-corrected chi connectivity index (χ0v) is 25.2. The van der Waals surface area contributed by atoms with Gasteiger partial charge in [-0.2, -0.15) is 0 Å². The highest BCUT2D eigenvalue weighted by Crippen LogP contribution is 2.22. The smallest absolute Gasteiger partial charge is 0.410 e. The van der Waals surface area contributed by atoms with Gasteiger partial charge in [0.1, 0.15) is 12.2 Å². The first-order valence-electron chi connectivity index (χ1n) is 15.1. The van der Waals surface area contributed by atoms with Crippen LogP contribution in [-0.4, -0.2) is 109 Å². The third kappa shape index (κ3) is 11.2. The van der Waals surface area contributed by atoms with Gasteiger partial charge in [-0.25, -0.2) is 9.59 Å². The van der Waals surface area contributed by atoms with E-state index in [-0.39, 0.29) is 36.6 Å². The number of ether oxygens (including phenoxy) is 3. The molecule has 2 fully saturated rings. The Balaban J connectivity index is 1.59. The number of hydrogen-bond donors (Lipinski definition) is 1. The molecule has 2 amide bonds. The van der Waals surface area contributed by atoms with Crippen molar-refractivity contribution in [1.82, 2.24) is 14.7 Å². The van der Waals surface area contributed by atoms with Gasteiger partial charge in [0.2, 0.25) is 0 Å². The third-order valence-corrected chi connectivity index (χ3v) is 7.89. The number of carbonyl (C=O) groups is 3. The molecule has 0 radical (unpaired) electrons. The molecule has 0 spiro atoms. The second-order valence-electron chi connectivity index (χ2n) is 11.7. The number of esters is 1. The maximum atomic E-state index is 12.8. The van der Waals surface area contributed by atoms with Gasteiger partial charge in [0.15, 0.2) is 0 Å². The fourth-order valence-corrected chi connectivity index (χ4v) is 5.14. The lowest BCUT2D eigenvalue weighted by Crippen LogP contribution is -2.47. The number of piperazine rings is 1. The van der Waals surface area contributed by atoms with Crippen LogP contribution in [0.3, 0.4) is 0 Å². The number of carbonyl (C=O) groups excluding carboxylic acids is 3. The number of cyclic esters (lactones) is 1. The first-order valence-corrected chi connectivity index (χ1v) is 15.1. The molecule has 3 rings (SSSR count). The molecule has 0 aromatic heterocycles. The quantitative estimate of drug-likeness (QED) is 0.218. The molecule has 0 bridgehead atoms. The van der Waals surface area contributed by atoms with Gasteiger partial charge in [-0.05, 0) is 51.3 Å². The molecule has 0 aromatic rings. The Hall–Kier alpha value is -2.85. The number of β-amino-alcohol motifs (C(OH)–C–C–N with tert-alkyl or cyclic N) is 1. The molecule has 0 aromatic carbocycles. The molecule has 230 valence electrons. The van der Waals surface area contributed by atoms with Crippen molar-refractivity contribution in [1.29, 1.82) is 0 Å². The van der Waals surface area contributed by atoms with E-state index in [9.17, 15) is 19.5 Å². The van der Waals surface area contributed by atoms with Crippen molar-refractivity contribution < 1.29 is 33.7 Å². The molecular formula is C31H49N3O7. The molecule has 10 heteroatoms. The van der Waals surface area contributed by atoms with Crippen LogP contribution in [0.15, 0.2) is 36.0 Å². The molecule has 3 aliphatic rings. The molecule has 1 N–H and O–H groups in total. The molecule has 41 heavy (non-hydrogen) atoms. The number of aliphatic hydroxyl groups is 1. The summed E-state index contributed by atoms with van der Waals surface area (Å²) in [4.78, 5) is 43.0. The summed E-state index contributed by atoms with van der Waals surface area (Å²) in [6, 6.07) is 0. The van der Waals surface area contributed by atoms with E-state index < -0.39 is 18.3 Å². The molecule has 10 nitrogen and oxygen atoms in total. The summed E-state index contributed by atoms with van der Waals surface area (Å²) in [7, 11) is 2.05. The summed E-state index contributed by atoms with van der Waals surface area (Å²) in [5.41, 5.74) is 0.894. The zero-order chi connectivity index (χ0) is 29.8. The van der Waals surface area contributed by atoms with Crippen LogP contribution in [0.1, 0.15) is 59.3 Å². The largest absolute Gasteiger partial charge is 0.457 e. The minimum absolute atomic E-state index is 0.0116. The summed E-state index contributed by atoms with van der Waals surface area (Å²) >= 11 is 0. The van der Waals surface area contributed by atoms with Gasteiger partial charge in [-0.3, -0.25) is 4.79 Å². The zero-order valence-electron chi connectivity index (χ0n) is 25.2. The maximum Gasteiger partial charge on any atom is 0.410 e. The summed E-state index contributed by atoms with van der Waals surface area (Å²) in [6.45, 7) is 9.97. The summed E-state index contributed by atoms with van der Waals surface area (Å²) in [5, 5.41) is 9.60. The first kappa shape index (κ1) is 32.7. The van der Waals surface area contributed by atoms with Crippen molar-refractivity contribution in [2.24, 2.45) is 11.8 Å². The van der Waals surface area contributed by atoms with Crippen LogP contribution < -0.4 is 0 Å². The maximum absolute atomic E-state index is 12.8. The molecule has 0 saturated carbocycles. The van der Waals surface area contributed by atoms with Gasteiger partial charge < -0.3 is 34.0 Å². The second-order valence-corrected chi connectivity index (χ2v) is 11.7. The highest BCUT2D eigenvalue weighted by Gasteiger charge is 2.27. The van der Waals surface area contributed by atoms with Crippen molar-refractivity contribution in [3.05, 3.63) is 36.0 Å². The van der Waals surface area contributed by atoms with E-state index in [0.717, 1.165) is 44.3 Å². The highest BCUT2D eigenvalue weighted by molar-refractivity contribution is 5.70. The molecular weight excluding hydrogens is 526 g/mol. The molecule has 5 atom stereocenters. The van der Waals surface area contributed by atoms with E-state index >= 15 is 0 Å². The summed E-state index contributed by atoms with van der Waals surface area (Å²) < 4.78 is 17.2. The van der Waals surface area contributed by atoms with E-state index in [1.807, 2.05) is 51.2 Å². The average molecular weight is 576 g/mol. The van der Waals surface area contributed by atoms with Crippen molar-refractivity contribution in [3.63, 3.8) is 0 Å². The fourth-order valence-electron chi connectivity index (χ4n) is 5.14. The molecule has 3 aliphatic heterocycles. The van der Waals surface area contributed by atoms with Gasteiger partial charge in [0.25, 0.3) is 0 Å². The van der Waals surface area contributed by atoms with Gasteiger partial charge in [0.05, 0.1) is 12.7 Å². The second kappa shape index (κ2) is 16.6. The lowest BCUT2D eigenvalue weighted by atomic mass is 9.95. The van der Waals surface area contributed by atoms with Gasteiger partial charge in [-0.1, -0.05) is 44.6 Å². The number of allylic oxidation sites excluding steroid dienone is 2. The average Bonchev–Trinajstić information content (AvgIpc) is 3.38. The predicted molar refractivity (Wildman–Crippen MR) is 156 cm³/mol. The van der Waals surface area contributed by atoms with Crippen LogP contribution in [0.4, 0.5) is 9.59 Å². The SMILES string of the molecule is C/C(=C\C=C\[C@@H](C)COC(=O)N1CC[C@@H](O)C1)[C@H]1OC(=O)CCCCC[C@@H](OC(=O)N2CCN(C)CC2)/C=C\[C@@H]1C. The highest BCUT2D eigenvalue weighted by atomic mass is 16.6. The lowest BCUT2D eigenvalue weighted by Gasteiger charge is -2.32. The molecule has 0 unspecified atom stereocenters. The Morgan fingerprint density at radius 2 is 1.83 bits per heavy atom. The number of nitrogens with zero attached hydrogens (tertiary/aromatic N) is 3. The van der Waals surface area contributed by atoms with E-state index in [2.05, 4.69) is 11.9 Å². The minimum atomic E-state index is -0.474. The van der Waals surface area contributed by atoms with Crippen LogP contribution in [0, 0.1) is 11.8 Å². The van der Waals surface area contributed by atoms with E-state index in [1.54, 1.807) is 4.90 Å². The van der Waals surface area contributed by atoms with Crippen molar-refractivity contribution in [3.8, 4) is 0 Å². The Morgan fingerprint density at radius 1 is 1.07 bits per heavy atom. The topological polar surface area (TPSA) is 109 Å². The number of likely N-dealkylation sites (N-methyl/N-ethyl adjacent to an activating group) is 1. The Morgan fingerprint density at radius 3 is 2.54 bits per heavy atom. The van der Waals surface area contributed by atoms with E-state index in [4.69, 9.17) is 14.2 Å². The molecule has 0 aliphatic carbocycles. The van der Waals surface area contributed by atoms with E-state index in [1.165, 1.54) is 4.90 Å². The Bertz CT molecular complexity index is 957. The van der Waals surface area contributed by atoms with Gasteiger partial charge in [-0.15, -0.1) is 0 Å². The standard InChI is InChI=1S/C31H49N3O7/c1-23(22-39-30(37)34-16-15-26(35)21-34)9-8-10-24(2)29-25(3)13-14-27(11-6-5-7-12-28(36)41-29)40-31(38)33-19-17-32(4)18-20-33/h8-10,13-14,23,25-27,29,35H,5-7,11-12,15-22H2,1-4H3/b9-8+,14-13-,24-10+/t23-,25+,26-,27-,29-/m1/s1. The first-order chi connectivity index (χ1) is 19.6. The van der Waals surface area contributed by atoms with Crippen molar-refractivity contribution >= 4 is 18.2 Å². The summed E-state index contributed by atoms with van der Waals surface area (Å²) in [6.07, 6.45) is 11.9. The Labute approximate surface area is 245 Å². The van der Waals surface area contributed by atoms with Crippen LogP contribution in [0.25, 0.3) is 0 Å². The van der Waals surface area contributed by atoms with Gasteiger partial charge in [0, 0.05) is 57.5 Å². The summed E-state index contributed by atoms with van der Waals surface area (Å²) in [5.74, 6) is -0.345. The Kier molecular flexibility index (Phi) is 13.2. The number of likely N-dealkylation sites (tertiary alicyclic amines) is 1. The minimum Gasteiger partial charge on any atom is -0.457 e. The van der Waals surface area contributed by atoms with Crippen LogP contribution >= 0.6 is 0 Å². The third-order valence-electron chi connectivity index (χ3n) is 7.89. The fraction of sp³-hybridized carbons (Fsp3) is 0.710. The number of aliphatic hydroxyl groups excluding tert-OH is 1. The van der Waals surface area contributed by atoms with Crippen molar-refractivity contribution in [2.75, 3.05) is 52.9 Å². The molecule has 3 heterocycles. The van der Waals surface area contributed by atoms with E-state index in [0.29, 0.717) is 39.0 Å². The normalized spacial score (nSPS) is 28.9. The monoisotopic (exact) mass is 575 g/mol. The van der Waals surface area contributed by atoms with Gasteiger partial charge >= 0.3 is 18.2 Å². The van der Waals surface area contributed by atoms with Crippen molar-refractivity contribution in [2.45, 2.75) is 77.6 Å². The predicted octanol–water partition coefficient (Wildman–Crippen LogP) is 4.15. The van der Waals surface area contributed by atoms with Crippen LogP contribution in [0.2, 0.25) is 0 Å².